The average Bonchev–Trinajstić information content (AvgIpc) is 3.12. The second-order valence-electron chi connectivity index (χ2n) is 5.51. The van der Waals surface area contributed by atoms with Crippen molar-refractivity contribution >= 4 is 11.7 Å². The van der Waals surface area contributed by atoms with Crippen molar-refractivity contribution in [2.75, 3.05) is 11.5 Å². The Labute approximate surface area is 117 Å². The van der Waals surface area contributed by atoms with Crippen LogP contribution in [0.4, 0.5) is 5.82 Å². The van der Waals surface area contributed by atoms with Gasteiger partial charge in [-0.3, -0.25) is 10.3 Å². The summed E-state index contributed by atoms with van der Waals surface area (Å²) in [7, 11) is 0. The molecule has 0 amide bonds. The molecule has 6 heteroatoms. The summed E-state index contributed by atoms with van der Waals surface area (Å²) in [4.78, 5) is 6.44. The molecule has 3 heterocycles. The highest BCUT2D eigenvalue weighted by Crippen LogP contribution is 2.44. The normalized spacial score (nSPS) is 30.4. The summed E-state index contributed by atoms with van der Waals surface area (Å²) in [5.74, 6) is 7.87. The van der Waals surface area contributed by atoms with E-state index in [4.69, 9.17) is 5.11 Å². The number of hydrogen-bond donors (Lipinski definition) is 2. The number of hydrazone groups is 1. The zero-order valence-electron chi connectivity index (χ0n) is 11.2. The summed E-state index contributed by atoms with van der Waals surface area (Å²) < 4.78 is 2.27. The van der Waals surface area contributed by atoms with Gasteiger partial charge in [0.2, 0.25) is 5.84 Å². The molecule has 3 unspecified atom stereocenters. The molecule has 0 spiro atoms. The summed E-state index contributed by atoms with van der Waals surface area (Å²) >= 11 is 0. The zero-order valence-corrected chi connectivity index (χ0v) is 11.2. The minimum atomic E-state index is -0.150. The van der Waals surface area contributed by atoms with Gasteiger partial charge >= 0.3 is 0 Å². The maximum atomic E-state index is 8.88. The molecule has 1 saturated carbocycles. The lowest BCUT2D eigenvalue weighted by Gasteiger charge is -2.45. The van der Waals surface area contributed by atoms with Crippen molar-refractivity contribution in [2.45, 2.75) is 37.9 Å². The van der Waals surface area contributed by atoms with Crippen molar-refractivity contribution in [1.29, 1.82) is 0 Å². The lowest BCUT2D eigenvalue weighted by Crippen LogP contribution is -2.53. The third kappa shape index (κ3) is 1.56. The molecular formula is C14H17N5O. The molecule has 2 aliphatic heterocycles. The van der Waals surface area contributed by atoms with Crippen LogP contribution in [0.3, 0.4) is 0 Å². The van der Waals surface area contributed by atoms with Crippen LogP contribution in [0.15, 0.2) is 17.6 Å². The molecule has 20 heavy (non-hydrogen) atoms. The SMILES string of the molecule is OCC#CC1=NNC2C3CCCCC3n3cncc3N12. The van der Waals surface area contributed by atoms with E-state index in [1.807, 2.05) is 12.5 Å². The van der Waals surface area contributed by atoms with Crippen LogP contribution < -0.4 is 10.3 Å². The van der Waals surface area contributed by atoms with Crippen LogP contribution in [0.25, 0.3) is 0 Å². The summed E-state index contributed by atoms with van der Waals surface area (Å²) in [6.07, 6.45) is 8.93. The Hall–Kier alpha value is -2.00. The number of aliphatic hydroxyl groups excluding tert-OH is 1. The number of anilines is 1. The molecule has 0 bridgehead atoms. The highest BCUT2D eigenvalue weighted by molar-refractivity contribution is 6.11. The van der Waals surface area contributed by atoms with Crippen LogP contribution in [0.2, 0.25) is 0 Å². The van der Waals surface area contributed by atoms with Crippen molar-refractivity contribution in [3.05, 3.63) is 12.5 Å². The van der Waals surface area contributed by atoms with Gasteiger partial charge in [0.1, 0.15) is 18.6 Å². The molecule has 4 rings (SSSR count). The lowest BCUT2D eigenvalue weighted by atomic mass is 9.80. The molecule has 104 valence electrons. The van der Waals surface area contributed by atoms with Crippen LogP contribution in [0.5, 0.6) is 0 Å². The number of fused-ring (bicyclic) bond motifs is 6. The fourth-order valence-electron chi connectivity index (χ4n) is 3.71. The third-order valence-electron chi connectivity index (χ3n) is 4.53. The van der Waals surface area contributed by atoms with E-state index in [9.17, 15) is 0 Å². The minimum Gasteiger partial charge on any atom is -0.384 e. The zero-order chi connectivity index (χ0) is 13.5. The van der Waals surface area contributed by atoms with Crippen LogP contribution in [-0.4, -0.2) is 33.3 Å². The van der Waals surface area contributed by atoms with Gasteiger partial charge in [-0.25, -0.2) is 4.98 Å². The monoisotopic (exact) mass is 271 g/mol. The second kappa shape index (κ2) is 4.53. The smallest absolute Gasteiger partial charge is 0.207 e. The summed E-state index contributed by atoms with van der Waals surface area (Å²) in [5.41, 5.74) is 3.24. The second-order valence-corrected chi connectivity index (χ2v) is 5.51. The first-order valence-electron chi connectivity index (χ1n) is 7.14. The van der Waals surface area contributed by atoms with Crippen molar-refractivity contribution in [3.63, 3.8) is 0 Å². The molecule has 0 saturated heterocycles. The number of aromatic nitrogens is 2. The summed E-state index contributed by atoms with van der Waals surface area (Å²) in [6, 6.07) is 0.510. The molecule has 3 aliphatic rings. The maximum Gasteiger partial charge on any atom is 0.207 e. The van der Waals surface area contributed by atoms with E-state index < -0.39 is 0 Å². The molecule has 3 atom stereocenters. The highest BCUT2D eigenvalue weighted by Gasteiger charge is 2.46. The van der Waals surface area contributed by atoms with Gasteiger partial charge in [-0.15, -0.1) is 0 Å². The molecule has 0 radical (unpaired) electrons. The number of imidazole rings is 1. The van der Waals surface area contributed by atoms with E-state index >= 15 is 0 Å². The Bertz CT molecular complexity index is 611. The molecule has 1 aromatic rings. The van der Waals surface area contributed by atoms with Crippen LogP contribution in [0.1, 0.15) is 31.7 Å². The number of amidine groups is 1. The van der Waals surface area contributed by atoms with Crippen LogP contribution in [-0.2, 0) is 0 Å². The minimum absolute atomic E-state index is 0.150. The number of rotatable bonds is 0. The van der Waals surface area contributed by atoms with Crippen LogP contribution in [0, 0.1) is 17.8 Å². The van der Waals surface area contributed by atoms with Gasteiger partial charge in [0.25, 0.3) is 0 Å². The first-order chi connectivity index (χ1) is 9.90. The van der Waals surface area contributed by atoms with Gasteiger partial charge in [-0.1, -0.05) is 18.8 Å². The first kappa shape index (κ1) is 11.8. The third-order valence-corrected chi connectivity index (χ3v) is 4.53. The quantitative estimate of drug-likeness (QED) is 0.681. The van der Waals surface area contributed by atoms with Gasteiger partial charge in [-0.05, 0) is 18.8 Å². The van der Waals surface area contributed by atoms with E-state index in [-0.39, 0.29) is 12.8 Å². The fourth-order valence-corrected chi connectivity index (χ4v) is 3.71. The molecule has 0 aromatic carbocycles. The Morgan fingerprint density at radius 1 is 1.40 bits per heavy atom. The Kier molecular flexibility index (Phi) is 2.67. The molecular weight excluding hydrogens is 254 g/mol. The van der Waals surface area contributed by atoms with Crippen molar-refractivity contribution in [3.8, 4) is 11.8 Å². The van der Waals surface area contributed by atoms with Crippen molar-refractivity contribution in [2.24, 2.45) is 11.0 Å². The van der Waals surface area contributed by atoms with Gasteiger partial charge in [0, 0.05) is 12.0 Å². The topological polar surface area (TPSA) is 65.7 Å². The summed E-state index contributed by atoms with van der Waals surface area (Å²) in [6.45, 7) is -0.150. The van der Waals surface area contributed by atoms with E-state index in [2.05, 4.69) is 36.8 Å². The first-order valence-corrected chi connectivity index (χ1v) is 7.14. The summed E-state index contributed by atoms with van der Waals surface area (Å²) in [5, 5.41) is 13.2. The van der Waals surface area contributed by atoms with E-state index in [1.54, 1.807) is 0 Å². The van der Waals surface area contributed by atoms with E-state index in [0.29, 0.717) is 17.8 Å². The van der Waals surface area contributed by atoms with Crippen molar-refractivity contribution < 1.29 is 5.11 Å². The lowest BCUT2D eigenvalue weighted by molar-refractivity contribution is 0.176. The van der Waals surface area contributed by atoms with E-state index in [1.165, 1.54) is 25.7 Å². The molecule has 1 aromatic heterocycles. The molecule has 2 N–H and O–H groups in total. The maximum absolute atomic E-state index is 8.88. The number of nitrogens with one attached hydrogen (secondary N) is 1. The van der Waals surface area contributed by atoms with Gasteiger partial charge < -0.3 is 9.67 Å². The van der Waals surface area contributed by atoms with Crippen LogP contribution >= 0.6 is 0 Å². The number of hydrogen-bond acceptors (Lipinski definition) is 5. The Morgan fingerprint density at radius 3 is 3.20 bits per heavy atom. The number of aliphatic hydroxyl groups is 1. The highest BCUT2D eigenvalue weighted by atomic mass is 16.2. The van der Waals surface area contributed by atoms with Gasteiger partial charge in [0.15, 0.2) is 0 Å². The van der Waals surface area contributed by atoms with Gasteiger partial charge in [0.05, 0.1) is 12.5 Å². The average molecular weight is 271 g/mol. The molecule has 1 fully saturated rings. The molecule has 6 nitrogen and oxygen atoms in total. The predicted molar refractivity (Wildman–Crippen MR) is 74.9 cm³/mol. The van der Waals surface area contributed by atoms with Crippen molar-refractivity contribution in [1.82, 2.24) is 15.0 Å². The molecule has 1 aliphatic carbocycles. The van der Waals surface area contributed by atoms with Gasteiger partial charge in [-0.2, -0.15) is 5.10 Å². The fraction of sp³-hybridized carbons (Fsp3) is 0.571. The Morgan fingerprint density at radius 2 is 2.30 bits per heavy atom. The Balaban J connectivity index is 1.77. The number of nitrogens with zero attached hydrogens (tertiary/aromatic N) is 4. The standard InChI is InChI=1S/C14H17N5O/c20-7-3-6-12-16-17-14-10-4-1-2-5-11(10)18-9-15-8-13(18)19(12)14/h8-11,14,17,20H,1-2,4-5,7H2. The van der Waals surface area contributed by atoms with E-state index in [0.717, 1.165) is 5.82 Å². The largest absolute Gasteiger partial charge is 0.384 e. The predicted octanol–water partition coefficient (Wildman–Crippen LogP) is 0.673.